The number of benzene rings is 1. The van der Waals surface area contributed by atoms with Crippen LogP contribution in [-0.2, 0) is 19.6 Å². The molecule has 1 amide bonds. The van der Waals surface area contributed by atoms with Gasteiger partial charge in [0.15, 0.2) is 6.61 Å². The first-order valence-corrected chi connectivity index (χ1v) is 8.75. The van der Waals surface area contributed by atoms with Crippen molar-refractivity contribution < 1.29 is 32.2 Å². The van der Waals surface area contributed by atoms with E-state index in [0.29, 0.717) is 0 Å². The molecule has 2 rings (SSSR count). The molecule has 0 aliphatic carbocycles. The normalized spacial score (nSPS) is 14.8. The van der Waals surface area contributed by atoms with E-state index in [2.05, 4.69) is 0 Å². The van der Waals surface area contributed by atoms with Gasteiger partial charge < -0.3 is 20.4 Å². The smallest absolute Gasteiger partial charge is 0.344 e. The van der Waals surface area contributed by atoms with Crippen molar-refractivity contribution >= 4 is 21.9 Å². The second kappa shape index (κ2) is 7.28. The van der Waals surface area contributed by atoms with Crippen LogP contribution in [0, 0.1) is 0 Å². The zero-order valence-corrected chi connectivity index (χ0v) is 15.4. The van der Waals surface area contributed by atoms with Gasteiger partial charge in [-0.05, 0) is 39.8 Å². The van der Waals surface area contributed by atoms with Crippen LogP contribution in [0.15, 0.2) is 17.0 Å². The number of carbonyl (C=O) groups excluding carboxylic acids is 2. The average molecular weight is 374 g/mol. The molecule has 1 aliphatic rings. The minimum atomic E-state index is -4.07. The van der Waals surface area contributed by atoms with E-state index in [0.717, 1.165) is 0 Å². The maximum absolute atomic E-state index is 12.1. The quantitative estimate of drug-likeness (QED) is 0.736. The topological polar surface area (TPSA) is 143 Å². The standard InChI is InChI=1S/C15H19NO7S.H3N/c1-5-21-9-6-7-10(22-8-11(17)23-15(2,3)4)13-12(9)14(18)16-24(13,19)20;/h6-7H,5,8H2,1-4H3,(H,16,18);1H3. The zero-order chi connectivity index (χ0) is 18.1. The van der Waals surface area contributed by atoms with Gasteiger partial charge in [-0.1, -0.05) is 0 Å². The summed E-state index contributed by atoms with van der Waals surface area (Å²) < 4.78 is 41.8. The van der Waals surface area contributed by atoms with E-state index in [1.807, 2.05) is 4.72 Å². The lowest BCUT2D eigenvalue weighted by atomic mass is 10.1. The number of nitrogens with one attached hydrogen (secondary N) is 1. The van der Waals surface area contributed by atoms with Gasteiger partial charge in [0.1, 0.15) is 27.6 Å². The van der Waals surface area contributed by atoms with Crippen molar-refractivity contribution in [3.8, 4) is 11.5 Å². The Morgan fingerprint density at radius 1 is 1.16 bits per heavy atom. The summed E-state index contributed by atoms with van der Waals surface area (Å²) in [7, 11) is -4.07. The van der Waals surface area contributed by atoms with Crippen molar-refractivity contribution in [2.24, 2.45) is 0 Å². The predicted octanol–water partition coefficient (Wildman–Crippen LogP) is 1.40. The molecule has 140 valence electrons. The monoisotopic (exact) mass is 374 g/mol. The van der Waals surface area contributed by atoms with Gasteiger partial charge in [-0.2, -0.15) is 0 Å². The Morgan fingerprint density at radius 2 is 1.76 bits per heavy atom. The van der Waals surface area contributed by atoms with Crippen molar-refractivity contribution in [2.45, 2.75) is 38.2 Å². The summed E-state index contributed by atoms with van der Waals surface area (Å²) in [5.41, 5.74) is -0.816. The summed E-state index contributed by atoms with van der Waals surface area (Å²) in [4.78, 5) is 23.3. The lowest BCUT2D eigenvalue weighted by Gasteiger charge is -2.19. The molecule has 0 radical (unpaired) electrons. The lowest BCUT2D eigenvalue weighted by Crippen LogP contribution is -2.27. The molecule has 0 saturated carbocycles. The molecule has 0 fully saturated rings. The molecule has 10 heteroatoms. The Morgan fingerprint density at radius 3 is 2.32 bits per heavy atom. The fraction of sp³-hybridized carbons (Fsp3) is 0.467. The molecular weight excluding hydrogens is 352 g/mol. The Balaban J connectivity index is 0.00000312. The third kappa shape index (κ3) is 4.60. The molecule has 9 nitrogen and oxygen atoms in total. The SMILES string of the molecule is CCOc1ccc(OCC(=O)OC(C)(C)C)c2c1C(=O)NS2(=O)=O.N. The summed E-state index contributed by atoms with van der Waals surface area (Å²) in [5, 5.41) is 0. The third-order valence-corrected chi connectivity index (χ3v) is 4.27. The van der Waals surface area contributed by atoms with Crippen LogP contribution in [0.5, 0.6) is 11.5 Å². The summed E-state index contributed by atoms with van der Waals surface area (Å²) in [6.07, 6.45) is 0. The van der Waals surface area contributed by atoms with Crippen LogP contribution < -0.4 is 20.3 Å². The van der Waals surface area contributed by atoms with Crippen LogP contribution in [0.1, 0.15) is 38.1 Å². The fourth-order valence-corrected chi connectivity index (χ4v) is 3.45. The van der Waals surface area contributed by atoms with Gasteiger partial charge in [0, 0.05) is 0 Å². The number of rotatable bonds is 5. The number of sulfonamides is 1. The highest BCUT2D eigenvalue weighted by Crippen LogP contribution is 2.38. The van der Waals surface area contributed by atoms with Crippen LogP contribution in [0.4, 0.5) is 0 Å². The van der Waals surface area contributed by atoms with Crippen molar-refractivity contribution in [3.05, 3.63) is 17.7 Å². The van der Waals surface area contributed by atoms with Gasteiger partial charge in [0.05, 0.1) is 6.61 Å². The Labute approximate surface area is 146 Å². The summed E-state index contributed by atoms with van der Waals surface area (Å²) >= 11 is 0. The predicted molar refractivity (Wildman–Crippen MR) is 88.6 cm³/mol. The van der Waals surface area contributed by atoms with Crippen LogP contribution in [0.3, 0.4) is 0 Å². The molecule has 25 heavy (non-hydrogen) atoms. The van der Waals surface area contributed by atoms with Gasteiger partial charge in [-0.15, -0.1) is 0 Å². The fourth-order valence-electron chi connectivity index (χ4n) is 2.15. The highest BCUT2D eigenvalue weighted by atomic mass is 32.2. The van der Waals surface area contributed by atoms with Gasteiger partial charge >= 0.3 is 5.97 Å². The highest BCUT2D eigenvalue weighted by molar-refractivity contribution is 7.90. The second-order valence-electron chi connectivity index (χ2n) is 6.01. The Kier molecular flexibility index (Phi) is 6.03. The summed E-state index contributed by atoms with van der Waals surface area (Å²) in [6.45, 7) is 6.59. The van der Waals surface area contributed by atoms with Crippen LogP contribution in [-0.4, -0.2) is 39.1 Å². The number of ether oxygens (including phenoxy) is 3. The lowest BCUT2D eigenvalue weighted by molar-refractivity contribution is -0.157. The van der Waals surface area contributed by atoms with E-state index in [-0.39, 0.29) is 34.7 Å². The van der Waals surface area contributed by atoms with Crippen LogP contribution >= 0.6 is 0 Å². The van der Waals surface area contributed by atoms with Gasteiger partial charge in [0.2, 0.25) is 0 Å². The van der Waals surface area contributed by atoms with Gasteiger partial charge in [-0.3, -0.25) is 4.79 Å². The van der Waals surface area contributed by atoms with Crippen LogP contribution in [0.2, 0.25) is 0 Å². The number of hydrogen-bond acceptors (Lipinski definition) is 8. The summed E-state index contributed by atoms with van der Waals surface area (Å²) in [5.74, 6) is -1.43. The highest BCUT2D eigenvalue weighted by Gasteiger charge is 2.39. The molecule has 0 saturated heterocycles. The minimum Gasteiger partial charge on any atom is -0.493 e. The summed E-state index contributed by atoms with van der Waals surface area (Å²) in [6, 6.07) is 2.76. The van der Waals surface area contributed by atoms with E-state index >= 15 is 0 Å². The largest absolute Gasteiger partial charge is 0.493 e. The van der Waals surface area contributed by atoms with Crippen molar-refractivity contribution in [3.63, 3.8) is 0 Å². The molecule has 0 bridgehead atoms. The van der Waals surface area contributed by atoms with Gasteiger partial charge in [0.25, 0.3) is 15.9 Å². The Bertz CT molecular complexity index is 782. The average Bonchev–Trinajstić information content (AvgIpc) is 2.67. The third-order valence-electron chi connectivity index (χ3n) is 2.87. The Hall–Kier alpha value is -2.33. The molecule has 0 aromatic heterocycles. The second-order valence-corrected chi connectivity index (χ2v) is 7.63. The van der Waals surface area contributed by atoms with E-state index < -0.39 is 34.1 Å². The first-order valence-electron chi connectivity index (χ1n) is 7.27. The first-order chi connectivity index (χ1) is 11.0. The minimum absolute atomic E-state index is 0. The number of fused-ring (bicyclic) bond motifs is 1. The number of carbonyl (C=O) groups is 2. The van der Waals surface area contributed by atoms with E-state index in [1.54, 1.807) is 27.7 Å². The van der Waals surface area contributed by atoms with Crippen molar-refractivity contribution in [1.29, 1.82) is 0 Å². The van der Waals surface area contributed by atoms with E-state index in [4.69, 9.17) is 14.2 Å². The molecule has 4 N–H and O–H groups in total. The van der Waals surface area contributed by atoms with E-state index in [9.17, 15) is 18.0 Å². The van der Waals surface area contributed by atoms with Gasteiger partial charge in [-0.25, -0.2) is 17.9 Å². The van der Waals surface area contributed by atoms with Crippen molar-refractivity contribution in [1.82, 2.24) is 10.9 Å². The molecule has 0 atom stereocenters. The molecule has 1 heterocycles. The zero-order valence-electron chi connectivity index (χ0n) is 14.5. The van der Waals surface area contributed by atoms with Crippen LogP contribution in [0.25, 0.3) is 0 Å². The maximum atomic E-state index is 12.1. The first kappa shape index (κ1) is 20.7. The number of hydrogen-bond donors (Lipinski definition) is 2. The molecular formula is C15H22N2O7S. The molecule has 0 unspecified atom stereocenters. The maximum Gasteiger partial charge on any atom is 0.344 e. The molecule has 1 aliphatic heterocycles. The number of amides is 1. The molecule has 1 aromatic carbocycles. The van der Waals surface area contributed by atoms with E-state index in [1.165, 1.54) is 12.1 Å². The molecule has 0 spiro atoms. The number of esters is 1. The van der Waals surface area contributed by atoms with Crippen molar-refractivity contribution in [2.75, 3.05) is 13.2 Å². The molecule has 1 aromatic rings.